The molecule has 0 saturated heterocycles. The van der Waals surface area contributed by atoms with Gasteiger partial charge in [-0.25, -0.2) is 4.98 Å². The van der Waals surface area contributed by atoms with Gasteiger partial charge in [-0.1, -0.05) is 11.3 Å². The third-order valence-electron chi connectivity index (χ3n) is 2.40. The van der Waals surface area contributed by atoms with Crippen LogP contribution in [0, 0.1) is 0 Å². The van der Waals surface area contributed by atoms with Crippen molar-refractivity contribution in [1.29, 1.82) is 0 Å². The van der Waals surface area contributed by atoms with Gasteiger partial charge in [0.25, 0.3) is 0 Å². The molecule has 1 fully saturated rings. The lowest BCUT2D eigenvalue weighted by Crippen LogP contribution is -1.83. The highest BCUT2D eigenvalue weighted by atomic mass is 32.1. The van der Waals surface area contributed by atoms with Crippen molar-refractivity contribution in [3.05, 3.63) is 21.6 Å². The van der Waals surface area contributed by atoms with Crippen LogP contribution in [0.1, 0.15) is 29.0 Å². The Hall–Kier alpha value is -1.01. The van der Waals surface area contributed by atoms with Crippen molar-refractivity contribution < 1.29 is 0 Å². The first-order valence-electron chi connectivity index (χ1n) is 4.31. The normalized spacial score (nSPS) is 25.1. The topological polar surface area (TPSA) is 64.7 Å². The van der Waals surface area contributed by atoms with Gasteiger partial charge in [-0.15, -0.1) is 21.5 Å². The lowest BCUT2D eigenvalue weighted by Gasteiger charge is -1.89. The summed E-state index contributed by atoms with van der Waals surface area (Å²) in [5, 5.41) is 11.6. The van der Waals surface area contributed by atoms with Gasteiger partial charge in [-0.2, -0.15) is 0 Å². The fourth-order valence-corrected chi connectivity index (χ4v) is 3.00. The predicted octanol–water partition coefficient (Wildman–Crippen LogP) is 1.85. The molecule has 14 heavy (non-hydrogen) atoms. The highest BCUT2D eigenvalue weighted by Gasteiger charge is 2.43. The number of rotatable bonds is 2. The first-order valence-corrected chi connectivity index (χ1v) is 6.07. The Bertz CT molecular complexity index is 436. The summed E-state index contributed by atoms with van der Waals surface area (Å²) in [5.41, 5.74) is 8.60. The van der Waals surface area contributed by atoms with Crippen molar-refractivity contribution in [3.63, 3.8) is 0 Å². The molecular weight excluding hydrogens is 216 g/mol. The molecule has 3 rings (SSSR count). The van der Waals surface area contributed by atoms with E-state index in [9.17, 15) is 0 Å². The van der Waals surface area contributed by atoms with Crippen LogP contribution in [0.3, 0.4) is 0 Å². The number of nitrogen functional groups attached to an aromatic ring is 1. The molecule has 0 aromatic carbocycles. The zero-order valence-corrected chi connectivity index (χ0v) is 8.88. The van der Waals surface area contributed by atoms with Gasteiger partial charge in [0.15, 0.2) is 0 Å². The molecule has 2 aromatic rings. The molecule has 0 radical (unpaired) electrons. The van der Waals surface area contributed by atoms with Crippen LogP contribution < -0.4 is 5.73 Å². The number of nitrogens with zero attached hydrogens (tertiary/aromatic N) is 3. The Morgan fingerprint density at radius 2 is 2.29 bits per heavy atom. The summed E-state index contributed by atoms with van der Waals surface area (Å²) < 4.78 is 0. The maximum absolute atomic E-state index is 5.54. The summed E-state index contributed by atoms with van der Waals surface area (Å²) in [7, 11) is 0. The third kappa shape index (κ3) is 1.31. The molecule has 0 aliphatic heterocycles. The number of nitrogens with two attached hydrogens (primary N) is 1. The van der Waals surface area contributed by atoms with Crippen LogP contribution in [0.4, 0.5) is 5.13 Å². The average molecular weight is 224 g/mol. The van der Waals surface area contributed by atoms with Crippen LogP contribution in [0.5, 0.6) is 0 Å². The predicted molar refractivity (Wildman–Crippen MR) is 56.5 cm³/mol. The molecule has 0 amide bonds. The summed E-state index contributed by atoms with van der Waals surface area (Å²) in [6, 6.07) is 0. The minimum atomic E-state index is 0.506. The fraction of sp³-hybridized carbons (Fsp3) is 0.375. The van der Waals surface area contributed by atoms with E-state index in [-0.39, 0.29) is 0 Å². The van der Waals surface area contributed by atoms with Crippen LogP contribution in [0.25, 0.3) is 0 Å². The van der Waals surface area contributed by atoms with Gasteiger partial charge in [-0.3, -0.25) is 0 Å². The largest absolute Gasteiger partial charge is 0.374 e. The zero-order valence-electron chi connectivity index (χ0n) is 7.25. The molecule has 0 bridgehead atoms. The molecule has 1 aliphatic rings. The number of thiazole rings is 1. The van der Waals surface area contributed by atoms with Crippen LogP contribution in [0.15, 0.2) is 10.9 Å². The Labute approximate surface area is 88.8 Å². The van der Waals surface area contributed by atoms with Crippen LogP contribution in [-0.2, 0) is 0 Å². The quantitative estimate of drug-likeness (QED) is 0.845. The van der Waals surface area contributed by atoms with Gasteiger partial charge in [-0.05, 0) is 6.42 Å². The standard InChI is InChI=1S/C8H8N4S2/c9-8-12-11-7(14-8)5-1-4(5)6-2-13-3-10-6/h2-5H,1H2,(H2,9,12)/t4-,5-/m0/s1. The fourth-order valence-electron chi connectivity index (χ4n) is 1.60. The lowest BCUT2D eigenvalue weighted by molar-refractivity contribution is 0.930. The molecule has 2 atom stereocenters. The molecule has 6 heteroatoms. The Morgan fingerprint density at radius 3 is 2.93 bits per heavy atom. The molecular formula is C8H8N4S2. The van der Waals surface area contributed by atoms with E-state index >= 15 is 0 Å². The first-order chi connectivity index (χ1) is 6.84. The van der Waals surface area contributed by atoms with Crippen molar-refractivity contribution in [1.82, 2.24) is 15.2 Å². The summed E-state index contributed by atoms with van der Waals surface area (Å²) in [6.07, 6.45) is 1.14. The summed E-state index contributed by atoms with van der Waals surface area (Å²) in [6.45, 7) is 0. The number of anilines is 1. The smallest absolute Gasteiger partial charge is 0.203 e. The van der Waals surface area contributed by atoms with Gasteiger partial charge in [0.05, 0.1) is 11.2 Å². The van der Waals surface area contributed by atoms with E-state index in [4.69, 9.17) is 5.73 Å². The molecule has 0 unspecified atom stereocenters. The molecule has 2 aromatic heterocycles. The molecule has 2 N–H and O–H groups in total. The number of hydrogen-bond acceptors (Lipinski definition) is 6. The third-order valence-corrected chi connectivity index (χ3v) is 3.88. The van der Waals surface area contributed by atoms with E-state index < -0.39 is 0 Å². The second kappa shape index (κ2) is 2.99. The second-order valence-corrected chi connectivity index (χ2v) is 5.10. The number of hydrogen-bond donors (Lipinski definition) is 1. The molecule has 4 nitrogen and oxygen atoms in total. The van der Waals surface area contributed by atoms with Gasteiger partial charge in [0.2, 0.25) is 5.13 Å². The van der Waals surface area contributed by atoms with Gasteiger partial charge < -0.3 is 5.73 Å². The molecule has 0 spiro atoms. The minimum Gasteiger partial charge on any atom is -0.374 e. The second-order valence-electron chi connectivity index (χ2n) is 3.34. The monoisotopic (exact) mass is 224 g/mol. The van der Waals surface area contributed by atoms with Crippen LogP contribution >= 0.6 is 22.7 Å². The summed E-state index contributed by atoms with van der Waals surface area (Å²) in [4.78, 5) is 4.30. The minimum absolute atomic E-state index is 0.506. The van der Waals surface area contributed by atoms with E-state index in [1.807, 2.05) is 5.51 Å². The van der Waals surface area contributed by atoms with Crippen molar-refractivity contribution in [3.8, 4) is 0 Å². The Morgan fingerprint density at radius 1 is 1.36 bits per heavy atom. The van der Waals surface area contributed by atoms with Gasteiger partial charge >= 0.3 is 0 Å². The van der Waals surface area contributed by atoms with E-state index in [1.165, 1.54) is 17.0 Å². The van der Waals surface area contributed by atoms with Crippen molar-refractivity contribution >= 4 is 27.8 Å². The Kier molecular flexibility index (Phi) is 1.78. The van der Waals surface area contributed by atoms with E-state index in [2.05, 4.69) is 20.6 Å². The van der Waals surface area contributed by atoms with Crippen molar-refractivity contribution in [2.75, 3.05) is 5.73 Å². The van der Waals surface area contributed by atoms with E-state index in [0.29, 0.717) is 17.0 Å². The van der Waals surface area contributed by atoms with Gasteiger partial charge in [0, 0.05) is 17.2 Å². The molecule has 1 aliphatic carbocycles. The first kappa shape index (κ1) is 8.31. The van der Waals surface area contributed by atoms with E-state index in [0.717, 1.165) is 11.4 Å². The van der Waals surface area contributed by atoms with Crippen molar-refractivity contribution in [2.45, 2.75) is 18.3 Å². The highest BCUT2D eigenvalue weighted by molar-refractivity contribution is 7.15. The molecule has 2 heterocycles. The maximum atomic E-state index is 5.54. The van der Waals surface area contributed by atoms with Crippen LogP contribution in [-0.4, -0.2) is 15.2 Å². The van der Waals surface area contributed by atoms with Crippen molar-refractivity contribution in [2.24, 2.45) is 0 Å². The summed E-state index contributed by atoms with van der Waals surface area (Å²) >= 11 is 3.13. The lowest BCUT2D eigenvalue weighted by atomic mass is 10.3. The molecule has 72 valence electrons. The maximum Gasteiger partial charge on any atom is 0.203 e. The summed E-state index contributed by atoms with van der Waals surface area (Å²) in [5.74, 6) is 1.06. The number of aromatic nitrogens is 3. The average Bonchev–Trinajstić information content (AvgIpc) is 2.66. The van der Waals surface area contributed by atoms with E-state index in [1.54, 1.807) is 11.3 Å². The Balaban J connectivity index is 1.80. The highest BCUT2D eigenvalue weighted by Crippen LogP contribution is 2.55. The zero-order chi connectivity index (χ0) is 9.54. The SMILES string of the molecule is Nc1nnc([C@H]2C[C@@H]2c2cscn2)s1. The van der Waals surface area contributed by atoms with Crippen LogP contribution in [0.2, 0.25) is 0 Å². The van der Waals surface area contributed by atoms with Gasteiger partial charge in [0.1, 0.15) is 5.01 Å². The molecule has 1 saturated carbocycles.